The molecular weight excluding hydrogens is 481 g/mol. The first-order valence-electron chi connectivity index (χ1n) is 13.0. The number of carbonyl (C=O) groups is 1. The van der Waals surface area contributed by atoms with Gasteiger partial charge in [-0.1, -0.05) is 18.6 Å². The highest BCUT2D eigenvalue weighted by Gasteiger charge is 2.41. The van der Waals surface area contributed by atoms with Gasteiger partial charge in [0.05, 0.1) is 24.4 Å². The van der Waals surface area contributed by atoms with Crippen LogP contribution in [0, 0.1) is 5.92 Å². The number of pyridine rings is 1. The Morgan fingerprint density at radius 2 is 1.76 bits per heavy atom. The number of amides is 1. The van der Waals surface area contributed by atoms with Crippen molar-refractivity contribution >= 4 is 22.5 Å². The second kappa shape index (κ2) is 10.8. The van der Waals surface area contributed by atoms with Crippen LogP contribution in [0.5, 0.6) is 0 Å². The van der Waals surface area contributed by atoms with Crippen molar-refractivity contribution in [3.05, 3.63) is 42.4 Å². The van der Waals surface area contributed by atoms with Gasteiger partial charge in [0.1, 0.15) is 5.82 Å². The van der Waals surface area contributed by atoms with E-state index in [1.807, 2.05) is 30.1 Å². The van der Waals surface area contributed by atoms with E-state index in [1.54, 1.807) is 11.1 Å². The normalized spacial score (nSPS) is 18.4. The third kappa shape index (κ3) is 6.13. The number of fused-ring (bicyclic) bond motifs is 1. The molecule has 2 aliphatic heterocycles. The van der Waals surface area contributed by atoms with Crippen LogP contribution in [0.15, 0.2) is 36.7 Å². The predicted octanol–water partition coefficient (Wildman–Crippen LogP) is 4.83. The maximum Gasteiger partial charge on any atom is 0.391 e. The summed E-state index contributed by atoms with van der Waals surface area (Å²) in [4.78, 5) is 21.2. The van der Waals surface area contributed by atoms with Gasteiger partial charge in [-0.15, -0.1) is 0 Å². The second-order valence-electron chi connectivity index (χ2n) is 10.2. The number of hydrogen-bond donors (Lipinski definition) is 1. The molecule has 0 saturated carbocycles. The van der Waals surface area contributed by atoms with Crippen molar-refractivity contribution in [2.24, 2.45) is 13.0 Å². The molecule has 0 bridgehead atoms. The number of hydrogen-bond acceptors (Lipinski definition) is 5. The van der Waals surface area contributed by atoms with Gasteiger partial charge in [-0.3, -0.25) is 19.3 Å². The molecule has 10 heteroatoms. The first kappa shape index (κ1) is 25.7. The lowest BCUT2D eigenvalue weighted by atomic mass is 9.96. The van der Waals surface area contributed by atoms with Crippen LogP contribution in [-0.4, -0.2) is 69.4 Å². The van der Waals surface area contributed by atoms with Gasteiger partial charge in [-0.05, 0) is 74.9 Å². The zero-order valence-electron chi connectivity index (χ0n) is 21.1. The topological polar surface area (TPSA) is 66.3 Å². The number of alkyl halides is 3. The van der Waals surface area contributed by atoms with E-state index in [9.17, 15) is 18.0 Å². The average Bonchev–Trinajstić information content (AvgIpc) is 3.23. The molecule has 37 heavy (non-hydrogen) atoms. The van der Waals surface area contributed by atoms with E-state index < -0.39 is 12.1 Å². The summed E-state index contributed by atoms with van der Waals surface area (Å²) in [5.41, 5.74) is 3.33. The highest BCUT2D eigenvalue weighted by atomic mass is 19.4. The summed E-state index contributed by atoms with van der Waals surface area (Å²) in [6, 6.07) is 8.02. The molecule has 1 amide bonds. The van der Waals surface area contributed by atoms with Crippen molar-refractivity contribution in [1.82, 2.24) is 24.6 Å². The van der Waals surface area contributed by atoms with Crippen LogP contribution in [0.25, 0.3) is 21.9 Å². The number of likely N-dealkylation sites (tertiary alicyclic amines) is 2. The SMILES string of the molecule is Cn1ncc(-c2ccc3cnc(NC(=O)CN4CCC(C(F)(F)F)CC4)cc3c2)c1CN1CCCCC1. The highest BCUT2D eigenvalue weighted by molar-refractivity contribution is 5.95. The molecule has 7 nitrogen and oxygen atoms in total. The van der Waals surface area contributed by atoms with Gasteiger partial charge >= 0.3 is 6.18 Å². The Morgan fingerprint density at radius 3 is 2.49 bits per heavy atom. The van der Waals surface area contributed by atoms with E-state index in [2.05, 4.69) is 32.4 Å². The minimum absolute atomic E-state index is 0.0296. The van der Waals surface area contributed by atoms with E-state index in [0.29, 0.717) is 5.82 Å². The van der Waals surface area contributed by atoms with Gasteiger partial charge in [0.15, 0.2) is 0 Å². The Kier molecular flexibility index (Phi) is 7.48. The lowest BCUT2D eigenvalue weighted by Crippen LogP contribution is -2.42. The molecule has 0 radical (unpaired) electrons. The van der Waals surface area contributed by atoms with E-state index in [0.717, 1.165) is 41.5 Å². The number of aromatic nitrogens is 3. The van der Waals surface area contributed by atoms with E-state index >= 15 is 0 Å². The van der Waals surface area contributed by atoms with Crippen molar-refractivity contribution in [2.75, 3.05) is 38.0 Å². The van der Waals surface area contributed by atoms with Crippen LogP contribution in [0.3, 0.4) is 0 Å². The molecule has 198 valence electrons. The summed E-state index contributed by atoms with van der Waals surface area (Å²) in [5.74, 6) is -1.12. The maximum atomic E-state index is 12.9. The largest absolute Gasteiger partial charge is 0.391 e. The number of carbonyl (C=O) groups excluding carboxylic acids is 1. The molecule has 2 fully saturated rings. The van der Waals surface area contributed by atoms with Gasteiger partial charge in [-0.25, -0.2) is 4.98 Å². The average molecular weight is 515 g/mol. The number of piperidine rings is 2. The zero-order chi connectivity index (χ0) is 26.0. The summed E-state index contributed by atoms with van der Waals surface area (Å²) in [6.07, 6.45) is 3.29. The fraction of sp³-hybridized carbons (Fsp3) is 0.519. The first-order chi connectivity index (χ1) is 17.8. The number of nitrogens with zero attached hydrogens (tertiary/aromatic N) is 5. The van der Waals surface area contributed by atoms with Crippen LogP contribution >= 0.6 is 0 Å². The molecule has 0 aliphatic carbocycles. The summed E-state index contributed by atoms with van der Waals surface area (Å²) >= 11 is 0. The lowest BCUT2D eigenvalue weighted by molar-refractivity contribution is -0.184. The Balaban J connectivity index is 1.26. The minimum Gasteiger partial charge on any atom is -0.310 e. The Bertz CT molecular complexity index is 1240. The number of benzene rings is 1. The molecule has 2 aliphatic rings. The molecule has 2 aromatic heterocycles. The fourth-order valence-corrected chi connectivity index (χ4v) is 5.40. The van der Waals surface area contributed by atoms with Crippen LogP contribution in [0.1, 0.15) is 37.8 Å². The van der Waals surface area contributed by atoms with Gasteiger partial charge in [-0.2, -0.15) is 18.3 Å². The smallest absolute Gasteiger partial charge is 0.310 e. The molecule has 0 spiro atoms. The summed E-state index contributed by atoms with van der Waals surface area (Å²) in [6.45, 7) is 3.66. The maximum absolute atomic E-state index is 12.9. The van der Waals surface area contributed by atoms with Gasteiger partial charge in [0.2, 0.25) is 5.91 Å². The van der Waals surface area contributed by atoms with Gasteiger partial charge in [0.25, 0.3) is 0 Å². The third-order valence-corrected chi connectivity index (χ3v) is 7.60. The molecule has 5 rings (SSSR count). The Morgan fingerprint density at radius 1 is 1.00 bits per heavy atom. The second-order valence-corrected chi connectivity index (χ2v) is 10.2. The highest BCUT2D eigenvalue weighted by Crippen LogP contribution is 2.34. The van der Waals surface area contributed by atoms with E-state index in [-0.39, 0.29) is 38.4 Å². The molecule has 0 atom stereocenters. The molecule has 4 heterocycles. The lowest BCUT2D eigenvalue weighted by Gasteiger charge is -2.32. The van der Waals surface area contributed by atoms with Crippen LogP contribution in [-0.2, 0) is 18.4 Å². The summed E-state index contributed by atoms with van der Waals surface area (Å²) < 4.78 is 40.6. The van der Waals surface area contributed by atoms with Crippen molar-refractivity contribution in [1.29, 1.82) is 0 Å². The van der Waals surface area contributed by atoms with Crippen molar-refractivity contribution in [3.63, 3.8) is 0 Å². The monoisotopic (exact) mass is 514 g/mol. The van der Waals surface area contributed by atoms with Crippen molar-refractivity contribution in [2.45, 2.75) is 44.8 Å². The number of aryl methyl sites for hydroxylation is 1. The molecular formula is C27H33F3N6O. The summed E-state index contributed by atoms with van der Waals surface area (Å²) in [5, 5.41) is 9.24. The fourth-order valence-electron chi connectivity index (χ4n) is 5.40. The van der Waals surface area contributed by atoms with Gasteiger partial charge < -0.3 is 5.32 Å². The van der Waals surface area contributed by atoms with E-state index in [1.165, 1.54) is 25.0 Å². The predicted molar refractivity (Wildman–Crippen MR) is 137 cm³/mol. The van der Waals surface area contributed by atoms with Crippen LogP contribution in [0.4, 0.5) is 19.0 Å². The van der Waals surface area contributed by atoms with E-state index in [4.69, 9.17) is 0 Å². The Labute approximate surface area is 214 Å². The van der Waals surface area contributed by atoms with Gasteiger partial charge in [0, 0.05) is 30.7 Å². The van der Waals surface area contributed by atoms with Crippen molar-refractivity contribution in [3.8, 4) is 11.1 Å². The standard InChI is InChI=1S/C27H33F3N6O/c1-34-24(17-35-9-3-2-4-10-35)23(16-32-34)19-5-6-20-15-31-25(14-21(20)13-19)33-26(37)18-36-11-7-22(8-12-36)27(28,29)30/h5-6,13-16,22H,2-4,7-12,17-18H2,1H3,(H,31,33,37). The Hall–Kier alpha value is -2.98. The number of nitrogens with one attached hydrogen (secondary N) is 1. The molecule has 1 aromatic carbocycles. The third-order valence-electron chi connectivity index (χ3n) is 7.60. The number of halogens is 3. The van der Waals surface area contributed by atoms with Crippen LogP contribution in [0.2, 0.25) is 0 Å². The first-order valence-corrected chi connectivity index (χ1v) is 13.0. The molecule has 1 N–H and O–H groups in total. The molecule has 0 unspecified atom stereocenters. The quantitative estimate of drug-likeness (QED) is 0.510. The minimum atomic E-state index is -4.16. The molecule has 2 saturated heterocycles. The van der Waals surface area contributed by atoms with Crippen LogP contribution < -0.4 is 5.32 Å². The summed E-state index contributed by atoms with van der Waals surface area (Å²) in [7, 11) is 1.98. The zero-order valence-corrected chi connectivity index (χ0v) is 21.1. The van der Waals surface area contributed by atoms with Crippen molar-refractivity contribution < 1.29 is 18.0 Å². The molecule has 3 aromatic rings. The number of rotatable bonds is 6. The number of anilines is 1.